The summed E-state index contributed by atoms with van der Waals surface area (Å²) in [6.45, 7) is 1.87. The van der Waals surface area contributed by atoms with Crippen molar-refractivity contribution in [2.75, 3.05) is 19.8 Å². The number of nitrogens with one attached hydrogen (secondary N) is 1. The molecule has 1 aliphatic heterocycles. The molecule has 0 aliphatic carbocycles. The molecule has 0 radical (unpaired) electrons. The Morgan fingerprint density at radius 3 is 3.00 bits per heavy atom. The third-order valence-corrected chi connectivity index (χ3v) is 3.00. The van der Waals surface area contributed by atoms with Crippen molar-refractivity contribution < 1.29 is 9.53 Å². The zero-order valence-corrected chi connectivity index (χ0v) is 9.67. The topological polar surface area (TPSA) is 38.3 Å². The predicted molar refractivity (Wildman–Crippen MR) is 62.8 cm³/mol. The number of hydrogen-bond acceptors (Lipinski definition) is 3. The number of carbonyl (C=O) groups is 1. The fraction of sp³-hybridized carbons (Fsp3) is 0.417. The summed E-state index contributed by atoms with van der Waals surface area (Å²) in [5.74, 6) is 0.132. The lowest BCUT2D eigenvalue weighted by atomic mass is 10.0. The molecule has 1 N–H and O–H groups in total. The molecule has 1 aliphatic rings. The number of hydrogen-bond donors (Lipinski definition) is 1. The fourth-order valence-corrected chi connectivity index (χ4v) is 1.93. The van der Waals surface area contributed by atoms with Crippen LogP contribution in [0.25, 0.3) is 0 Å². The summed E-state index contributed by atoms with van der Waals surface area (Å²) in [6.07, 6.45) is 0.362. The van der Waals surface area contributed by atoms with Gasteiger partial charge in [-0.15, -0.1) is 0 Å². The lowest BCUT2D eigenvalue weighted by Gasteiger charge is -2.22. The van der Waals surface area contributed by atoms with E-state index in [1.807, 2.05) is 18.2 Å². The molecule has 1 atom stereocenters. The van der Waals surface area contributed by atoms with Crippen molar-refractivity contribution >= 4 is 17.4 Å². The van der Waals surface area contributed by atoms with E-state index in [2.05, 4.69) is 5.32 Å². The van der Waals surface area contributed by atoms with Crippen LogP contribution >= 0.6 is 11.6 Å². The van der Waals surface area contributed by atoms with Crippen LogP contribution in [0.2, 0.25) is 5.02 Å². The monoisotopic (exact) mass is 239 g/mol. The maximum Gasteiger partial charge on any atom is 0.156 e. The summed E-state index contributed by atoms with van der Waals surface area (Å²) in [7, 11) is 0. The Balaban J connectivity index is 1.99. The molecule has 1 heterocycles. The third kappa shape index (κ3) is 2.82. The molecular weight excluding hydrogens is 226 g/mol. The lowest BCUT2D eigenvalue weighted by Crippen LogP contribution is -2.47. The van der Waals surface area contributed by atoms with Crippen LogP contribution in [0.3, 0.4) is 0 Å². The third-order valence-electron chi connectivity index (χ3n) is 2.63. The van der Waals surface area contributed by atoms with Crippen molar-refractivity contribution in [1.29, 1.82) is 0 Å². The Morgan fingerprint density at radius 1 is 1.50 bits per heavy atom. The molecule has 16 heavy (non-hydrogen) atoms. The number of rotatable bonds is 3. The molecule has 1 fully saturated rings. The molecule has 2 rings (SSSR count). The molecule has 0 saturated carbocycles. The van der Waals surface area contributed by atoms with Crippen LogP contribution in [0.1, 0.15) is 5.56 Å². The SMILES string of the molecule is O=C(Cc1ccccc1Cl)C1COCCN1. The van der Waals surface area contributed by atoms with Crippen molar-refractivity contribution in [1.82, 2.24) is 5.32 Å². The van der Waals surface area contributed by atoms with Crippen molar-refractivity contribution in [3.63, 3.8) is 0 Å². The van der Waals surface area contributed by atoms with E-state index in [-0.39, 0.29) is 11.8 Å². The first-order chi connectivity index (χ1) is 7.77. The zero-order valence-electron chi connectivity index (χ0n) is 8.91. The van der Waals surface area contributed by atoms with Crippen LogP contribution < -0.4 is 5.32 Å². The number of carbonyl (C=O) groups excluding carboxylic acids is 1. The second-order valence-corrected chi connectivity index (χ2v) is 4.22. The summed E-state index contributed by atoms with van der Waals surface area (Å²) in [6, 6.07) is 7.24. The molecule has 1 saturated heterocycles. The molecule has 1 aromatic carbocycles. The number of ether oxygens (including phenoxy) is 1. The normalized spacial score (nSPS) is 20.7. The number of benzene rings is 1. The summed E-state index contributed by atoms with van der Waals surface area (Å²) < 4.78 is 5.25. The van der Waals surface area contributed by atoms with Crippen LogP contribution in [0.15, 0.2) is 24.3 Å². The van der Waals surface area contributed by atoms with Gasteiger partial charge in [-0.05, 0) is 11.6 Å². The minimum atomic E-state index is -0.190. The molecule has 0 aromatic heterocycles. The largest absolute Gasteiger partial charge is 0.378 e. The number of halogens is 1. The van der Waals surface area contributed by atoms with Gasteiger partial charge in [0.2, 0.25) is 0 Å². The van der Waals surface area contributed by atoms with Gasteiger partial charge in [-0.25, -0.2) is 0 Å². The van der Waals surface area contributed by atoms with Crippen LogP contribution in [-0.2, 0) is 16.0 Å². The summed E-state index contributed by atoms with van der Waals surface area (Å²) in [4.78, 5) is 11.9. The maximum atomic E-state index is 11.9. The highest BCUT2D eigenvalue weighted by Gasteiger charge is 2.21. The average Bonchev–Trinajstić information content (AvgIpc) is 2.33. The average molecular weight is 240 g/mol. The van der Waals surface area contributed by atoms with Gasteiger partial charge in [0.05, 0.1) is 19.3 Å². The standard InChI is InChI=1S/C12H14ClNO2/c13-10-4-2-1-3-9(10)7-12(15)11-8-16-6-5-14-11/h1-4,11,14H,5-8H2. The van der Waals surface area contributed by atoms with Crippen LogP contribution in [0.5, 0.6) is 0 Å². The first-order valence-electron chi connectivity index (χ1n) is 5.34. The molecule has 4 heteroatoms. The summed E-state index contributed by atoms with van der Waals surface area (Å²) in [5.41, 5.74) is 0.876. The van der Waals surface area contributed by atoms with Crippen molar-refractivity contribution in [3.8, 4) is 0 Å². The van der Waals surface area contributed by atoms with E-state index in [9.17, 15) is 4.79 Å². The molecule has 0 amide bonds. The van der Waals surface area contributed by atoms with E-state index in [1.165, 1.54) is 0 Å². The molecule has 86 valence electrons. The van der Waals surface area contributed by atoms with E-state index in [4.69, 9.17) is 16.3 Å². The number of ketones is 1. The van der Waals surface area contributed by atoms with Gasteiger partial charge >= 0.3 is 0 Å². The van der Waals surface area contributed by atoms with Gasteiger partial charge < -0.3 is 10.1 Å². The summed E-state index contributed by atoms with van der Waals surface area (Å²) in [5, 5.41) is 3.79. The van der Waals surface area contributed by atoms with Gasteiger partial charge in [-0.1, -0.05) is 29.8 Å². The highest BCUT2D eigenvalue weighted by molar-refractivity contribution is 6.31. The maximum absolute atomic E-state index is 11.9. The van der Waals surface area contributed by atoms with Crippen LogP contribution in [0, 0.1) is 0 Å². The highest BCUT2D eigenvalue weighted by atomic mass is 35.5. The van der Waals surface area contributed by atoms with Crippen LogP contribution in [-0.4, -0.2) is 31.6 Å². The van der Waals surface area contributed by atoms with Crippen molar-refractivity contribution in [2.45, 2.75) is 12.5 Å². The Hall–Kier alpha value is -0.900. The Morgan fingerprint density at radius 2 is 2.31 bits per heavy atom. The van der Waals surface area contributed by atoms with E-state index in [0.717, 1.165) is 12.1 Å². The number of Topliss-reactive ketones (excluding diaryl/α,β-unsaturated/α-hetero) is 1. The van der Waals surface area contributed by atoms with Crippen molar-refractivity contribution in [3.05, 3.63) is 34.9 Å². The molecule has 0 bridgehead atoms. The van der Waals surface area contributed by atoms with Gasteiger partial charge in [0.15, 0.2) is 5.78 Å². The minimum absolute atomic E-state index is 0.132. The minimum Gasteiger partial charge on any atom is -0.378 e. The molecular formula is C12H14ClNO2. The van der Waals surface area contributed by atoms with E-state index in [1.54, 1.807) is 6.07 Å². The van der Waals surface area contributed by atoms with Crippen molar-refractivity contribution in [2.24, 2.45) is 0 Å². The van der Waals surface area contributed by atoms with E-state index >= 15 is 0 Å². The van der Waals surface area contributed by atoms with Crippen LogP contribution in [0.4, 0.5) is 0 Å². The van der Waals surface area contributed by atoms with E-state index in [0.29, 0.717) is 24.7 Å². The van der Waals surface area contributed by atoms with E-state index < -0.39 is 0 Å². The first kappa shape index (κ1) is 11.6. The smallest absolute Gasteiger partial charge is 0.156 e. The molecule has 0 spiro atoms. The van der Waals surface area contributed by atoms with Gasteiger partial charge in [0.1, 0.15) is 0 Å². The fourth-order valence-electron chi connectivity index (χ4n) is 1.72. The van der Waals surface area contributed by atoms with Gasteiger partial charge in [-0.2, -0.15) is 0 Å². The van der Waals surface area contributed by atoms with Gasteiger partial charge in [-0.3, -0.25) is 4.79 Å². The van der Waals surface area contributed by atoms with Gasteiger partial charge in [0.25, 0.3) is 0 Å². The Labute approximate surface area is 99.7 Å². The van der Waals surface area contributed by atoms with Gasteiger partial charge in [0, 0.05) is 18.0 Å². The quantitative estimate of drug-likeness (QED) is 0.868. The predicted octanol–water partition coefficient (Wildman–Crippen LogP) is 1.44. The Kier molecular flexibility index (Phi) is 3.93. The molecule has 3 nitrogen and oxygen atoms in total. The second kappa shape index (κ2) is 5.43. The number of morpholine rings is 1. The Bertz CT molecular complexity index is 375. The highest BCUT2D eigenvalue weighted by Crippen LogP contribution is 2.16. The zero-order chi connectivity index (χ0) is 11.4. The lowest BCUT2D eigenvalue weighted by molar-refractivity contribution is -0.123. The summed E-state index contributed by atoms with van der Waals surface area (Å²) >= 11 is 6.00. The first-order valence-corrected chi connectivity index (χ1v) is 5.72. The second-order valence-electron chi connectivity index (χ2n) is 3.82. The molecule has 1 aromatic rings. The molecule has 1 unspecified atom stereocenters.